The van der Waals surface area contributed by atoms with Gasteiger partial charge >= 0.3 is 0 Å². The first kappa shape index (κ1) is 19.1. The monoisotopic (exact) mass is 419 g/mol. The molecule has 0 radical (unpaired) electrons. The number of fused-ring (bicyclic) bond motifs is 1. The highest BCUT2D eigenvalue weighted by atomic mass is 32.2. The second kappa shape index (κ2) is 7.77. The summed E-state index contributed by atoms with van der Waals surface area (Å²) in [5.74, 6) is 1.31. The number of imidazole rings is 1. The van der Waals surface area contributed by atoms with Gasteiger partial charge in [0.05, 0.1) is 23.3 Å². The van der Waals surface area contributed by atoms with Gasteiger partial charge in [-0.15, -0.1) is 0 Å². The molecule has 1 aliphatic rings. The van der Waals surface area contributed by atoms with E-state index in [4.69, 9.17) is 10.7 Å². The van der Waals surface area contributed by atoms with E-state index in [0.29, 0.717) is 12.4 Å². The van der Waals surface area contributed by atoms with Crippen LogP contribution in [0.5, 0.6) is 0 Å². The molecular weight excluding hydrogens is 394 g/mol. The lowest BCUT2D eigenvalue weighted by Crippen LogP contribution is -2.08. The zero-order valence-corrected chi connectivity index (χ0v) is 18.0. The lowest BCUT2D eigenvalue weighted by molar-refractivity contribution is 0.675. The van der Waals surface area contributed by atoms with Crippen LogP contribution in [0.25, 0.3) is 5.65 Å². The Morgan fingerprint density at radius 1 is 1.17 bits per heavy atom. The van der Waals surface area contributed by atoms with Crippen molar-refractivity contribution in [2.24, 2.45) is 0 Å². The summed E-state index contributed by atoms with van der Waals surface area (Å²) in [4.78, 5) is 10.1. The SMILES string of the molecule is Cc1cc(N)nc(C)c1CNSc1cnn(Cc2cn3cc(C4CC4)ccc3n2)c1. The summed E-state index contributed by atoms with van der Waals surface area (Å²) >= 11 is 1.57. The molecule has 5 rings (SSSR count). The van der Waals surface area contributed by atoms with E-state index in [1.807, 2.05) is 30.1 Å². The predicted molar refractivity (Wildman–Crippen MR) is 119 cm³/mol. The van der Waals surface area contributed by atoms with Crippen LogP contribution in [0.1, 0.15) is 46.8 Å². The van der Waals surface area contributed by atoms with E-state index in [1.54, 1.807) is 11.9 Å². The van der Waals surface area contributed by atoms with E-state index in [0.717, 1.165) is 40.0 Å². The average Bonchev–Trinajstić information content (AvgIpc) is 3.33. The first-order valence-electron chi connectivity index (χ1n) is 10.2. The van der Waals surface area contributed by atoms with Crippen LogP contribution < -0.4 is 10.5 Å². The van der Waals surface area contributed by atoms with Gasteiger partial charge in [0.2, 0.25) is 0 Å². The largest absolute Gasteiger partial charge is 0.384 e. The summed E-state index contributed by atoms with van der Waals surface area (Å²) in [7, 11) is 0. The summed E-state index contributed by atoms with van der Waals surface area (Å²) in [5, 5.41) is 4.49. The molecule has 1 saturated carbocycles. The number of anilines is 1. The van der Waals surface area contributed by atoms with Gasteiger partial charge in [-0.05, 0) is 73.4 Å². The molecule has 30 heavy (non-hydrogen) atoms. The molecule has 3 N–H and O–H groups in total. The number of nitrogens with one attached hydrogen (secondary N) is 1. The summed E-state index contributed by atoms with van der Waals surface area (Å²) in [5.41, 5.74) is 12.5. The molecule has 0 aliphatic heterocycles. The van der Waals surface area contributed by atoms with E-state index >= 15 is 0 Å². The van der Waals surface area contributed by atoms with E-state index in [2.05, 4.69) is 50.7 Å². The molecule has 8 heteroatoms. The normalized spacial score (nSPS) is 13.9. The molecule has 4 aromatic rings. The van der Waals surface area contributed by atoms with Gasteiger partial charge in [0.1, 0.15) is 11.5 Å². The molecule has 1 aliphatic carbocycles. The Hall–Kier alpha value is -2.84. The topological polar surface area (TPSA) is 86.1 Å². The Morgan fingerprint density at radius 2 is 2.03 bits per heavy atom. The number of rotatable bonds is 7. The van der Waals surface area contributed by atoms with Crippen LogP contribution in [0.4, 0.5) is 5.82 Å². The molecule has 0 unspecified atom stereocenters. The summed E-state index contributed by atoms with van der Waals surface area (Å²) in [6.45, 7) is 5.43. The van der Waals surface area contributed by atoms with Crippen molar-refractivity contribution in [3.05, 3.63) is 71.1 Å². The van der Waals surface area contributed by atoms with Gasteiger partial charge in [0.15, 0.2) is 0 Å². The summed E-state index contributed by atoms with van der Waals surface area (Å²) < 4.78 is 7.46. The lowest BCUT2D eigenvalue weighted by atomic mass is 10.1. The molecule has 0 amide bonds. The summed E-state index contributed by atoms with van der Waals surface area (Å²) in [6.07, 6.45) is 10.9. The van der Waals surface area contributed by atoms with Crippen LogP contribution in [-0.4, -0.2) is 24.1 Å². The van der Waals surface area contributed by atoms with Crippen molar-refractivity contribution < 1.29 is 0 Å². The number of pyridine rings is 2. The number of aromatic nitrogens is 5. The molecule has 0 atom stereocenters. The predicted octanol–water partition coefficient (Wildman–Crippen LogP) is 3.85. The van der Waals surface area contributed by atoms with Crippen molar-refractivity contribution in [1.29, 1.82) is 0 Å². The smallest absolute Gasteiger partial charge is 0.137 e. The maximum Gasteiger partial charge on any atom is 0.137 e. The Kier molecular flexibility index (Phi) is 4.96. The van der Waals surface area contributed by atoms with Crippen molar-refractivity contribution in [3.63, 3.8) is 0 Å². The lowest BCUT2D eigenvalue weighted by Gasteiger charge is -2.10. The maximum absolute atomic E-state index is 5.81. The number of nitrogen functional groups attached to an aromatic ring is 1. The third-order valence-corrected chi connectivity index (χ3v) is 6.25. The number of nitrogens with two attached hydrogens (primary N) is 1. The van der Waals surface area contributed by atoms with Crippen LogP contribution in [0.3, 0.4) is 0 Å². The fourth-order valence-corrected chi connectivity index (χ4v) is 4.45. The van der Waals surface area contributed by atoms with Gasteiger partial charge in [0, 0.05) is 30.8 Å². The molecule has 7 nitrogen and oxygen atoms in total. The van der Waals surface area contributed by atoms with E-state index in [-0.39, 0.29) is 0 Å². The van der Waals surface area contributed by atoms with Gasteiger partial charge < -0.3 is 10.1 Å². The second-order valence-corrected chi connectivity index (χ2v) is 8.92. The second-order valence-electron chi connectivity index (χ2n) is 7.96. The van der Waals surface area contributed by atoms with Crippen molar-refractivity contribution >= 4 is 23.4 Å². The highest BCUT2D eigenvalue weighted by Gasteiger charge is 2.23. The maximum atomic E-state index is 5.81. The molecule has 4 aromatic heterocycles. The van der Waals surface area contributed by atoms with Crippen molar-refractivity contribution in [3.8, 4) is 0 Å². The first-order valence-corrected chi connectivity index (χ1v) is 11.0. The summed E-state index contributed by atoms with van der Waals surface area (Å²) in [6, 6.07) is 6.23. The third-order valence-electron chi connectivity index (χ3n) is 5.52. The van der Waals surface area contributed by atoms with E-state index in [1.165, 1.54) is 24.0 Å². The van der Waals surface area contributed by atoms with Crippen LogP contribution in [-0.2, 0) is 13.1 Å². The van der Waals surface area contributed by atoms with Gasteiger partial charge in [-0.1, -0.05) is 6.07 Å². The molecule has 4 heterocycles. The third kappa shape index (κ3) is 4.06. The Labute approximate surface area is 179 Å². The fraction of sp³-hybridized carbons (Fsp3) is 0.318. The molecule has 0 spiro atoms. The van der Waals surface area contributed by atoms with Gasteiger partial charge in [-0.25, -0.2) is 9.97 Å². The minimum Gasteiger partial charge on any atom is -0.384 e. The minimum atomic E-state index is 0.568. The standard InChI is InChI=1S/C22H25N7S/c1-14-7-21(23)26-15(2)20(14)9-25-30-19-8-24-29(13-19)12-18-11-28-10-17(16-3-4-16)5-6-22(28)27-18/h5-8,10-11,13,16,25H,3-4,9,12H2,1-2H3,(H2,23,26). The molecular formula is C22H25N7S. The highest BCUT2D eigenvalue weighted by Crippen LogP contribution is 2.39. The minimum absolute atomic E-state index is 0.568. The zero-order valence-electron chi connectivity index (χ0n) is 17.2. The number of nitrogens with zero attached hydrogens (tertiary/aromatic N) is 5. The average molecular weight is 420 g/mol. The van der Waals surface area contributed by atoms with Gasteiger partial charge in [-0.2, -0.15) is 5.10 Å². The van der Waals surface area contributed by atoms with Gasteiger partial charge in [0.25, 0.3) is 0 Å². The number of hydrogen-bond donors (Lipinski definition) is 2. The fourth-order valence-electron chi connectivity index (χ4n) is 3.79. The molecule has 1 fully saturated rings. The van der Waals surface area contributed by atoms with Crippen LogP contribution in [0.2, 0.25) is 0 Å². The van der Waals surface area contributed by atoms with Crippen LogP contribution in [0, 0.1) is 13.8 Å². The molecule has 0 aromatic carbocycles. The Morgan fingerprint density at radius 3 is 2.83 bits per heavy atom. The van der Waals surface area contributed by atoms with Gasteiger partial charge in [-0.3, -0.25) is 9.40 Å². The molecule has 154 valence electrons. The van der Waals surface area contributed by atoms with E-state index in [9.17, 15) is 0 Å². The Balaban J connectivity index is 1.21. The van der Waals surface area contributed by atoms with E-state index < -0.39 is 0 Å². The quantitative estimate of drug-likeness (QED) is 0.443. The Bertz CT molecular complexity index is 1180. The number of aryl methyl sites for hydroxylation is 2. The van der Waals surface area contributed by atoms with Crippen LogP contribution in [0.15, 0.2) is 47.9 Å². The highest BCUT2D eigenvalue weighted by molar-refractivity contribution is 7.97. The van der Waals surface area contributed by atoms with Crippen molar-refractivity contribution in [2.75, 3.05) is 5.73 Å². The van der Waals surface area contributed by atoms with Crippen molar-refractivity contribution in [1.82, 2.24) is 28.9 Å². The van der Waals surface area contributed by atoms with Crippen molar-refractivity contribution in [2.45, 2.75) is 50.6 Å². The molecule has 0 bridgehead atoms. The molecule has 0 saturated heterocycles. The first-order chi connectivity index (χ1) is 14.5. The number of hydrogen-bond acceptors (Lipinski definition) is 6. The van der Waals surface area contributed by atoms with Crippen LogP contribution >= 0.6 is 11.9 Å². The zero-order chi connectivity index (χ0) is 20.7.